The van der Waals surface area contributed by atoms with Crippen molar-refractivity contribution in [3.05, 3.63) is 41.0 Å². The van der Waals surface area contributed by atoms with Crippen LogP contribution in [0.4, 0.5) is 5.82 Å². The van der Waals surface area contributed by atoms with Gasteiger partial charge in [-0.15, -0.1) is 11.3 Å². The van der Waals surface area contributed by atoms with Crippen LogP contribution >= 0.6 is 11.3 Å². The van der Waals surface area contributed by atoms with Gasteiger partial charge in [0.25, 0.3) is 0 Å². The first kappa shape index (κ1) is 16.5. The number of fused-ring (bicyclic) bond motifs is 1. The van der Waals surface area contributed by atoms with Gasteiger partial charge in [0, 0.05) is 17.0 Å². The van der Waals surface area contributed by atoms with Crippen LogP contribution in [0, 0.1) is 6.92 Å². The van der Waals surface area contributed by atoms with Crippen LogP contribution in [0.25, 0.3) is 10.2 Å². The fraction of sp³-hybridized carbons (Fsp3) is 0.294. The molecule has 0 bridgehead atoms. The van der Waals surface area contributed by atoms with Crippen molar-refractivity contribution in [3.63, 3.8) is 0 Å². The third kappa shape index (κ3) is 3.27. The monoisotopic (exact) mass is 345 g/mol. The van der Waals surface area contributed by atoms with Gasteiger partial charge in [0.15, 0.2) is 0 Å². The summed E-state index contributed by atoms with van der Waals surface area (Å²) in [6.45, 7) is 2.33. The van der Waals surface area contributed by atoms with Crippen LogP contribution in [-0.4, -0.2) is 35.8 Å². The first-order valence-electron chi connectivity index (χ1n) is 7.47. The van der Waals surface area contributed by atoms with E-state index >= 15 is 0 Å². The summed E-state index contributed by atoms with van der Waals surface area (Å²) in [4.78, 5) is 10.6. The number of nitrogens with one attached hydrogen (secondary N) is 1. The number of hydrogen-bond donors (Lipinski definition) is 2. The van der Waals surface area contributed by atoms with Crippen LogP contribution in [0.5, 0.6) is 11.5 Å². The molecule has 0 amide bonds. The Balaban J connectivity index is 1.81. The highest BCUT2D eigenvalue weighted by Gasteiger charge is 2.16. The maximum atomic E-state index is 10.6. The number of aryl methyl sites for hydroxylation is 1. The quantitative estimate of drug-likeness (QED) is 0.715. The van der Waals surface area contributed by atoms with Crippen LogP contribution < -0.4 is 14.8 Å². The molecule has 0 saturated heterocycles. The van der Waals surface area contributed by atoms with E-state index in [-0.39, 0.29) is 0 Å². The lowest BCUT2D eigenvalue weighted by Gasteiger charge is -2.17. The maximum absolute atomic E-state index is 10.6. The number of ether oxygens (including phenoxy) is 2. The van der Waals surface area contributed by atoms with Crippen molar-refractivity contribution >= 4 is 27.4 Å². The average molecular weight is 345 g/mol. The molecule has 0 radical (unpaired) electrons. The molecule has 24 heavy (non-hydrogen) atoms. The highest BCUT2D eigenvalue weighted by Crippen LogP contribution is 2.31. The molecule has 1 aromatic carbocycles. The van der Waals surface area contributed by atoms with E-state index in [0.717, 1.165) is 10.2 Å². The van der Waals surface area contributed by atoms with E-state index in [1.165, 1.54) is 11.2 Å². The van der Waals surface area contributed by atoms with Gasteiger partial charge >= 0.3 is 0 Å². The molecule has 2 heterocycles. The zero-order valence-electron chi connectivity index (χ0n) is 13.7. The Labute approximate surface area is 144 Å². The first-order chi connectivity index (χ1) is 11.6. The Morgan fingerprint density at radius 2 is 2.04 bits per heavy atom. The average Bonchev–Trinajstić information content (AvgIpc) is 2.99. The van der Waals surface area contributed by atoms with Gasteiger partial charge in [-0.05, 0) is 31.2 Å². The molecule has 0 aliphatic rings. The normalized spacial score (nSPS) is 12.2. The lowest BCUT2D eigenvalue weighted by molar-refractivity contribution is 0.186. The lowest BCUT2D eigenvalue weighted by Crippen LogP contribution is -2.14. The molecule has 7 heteroatoms. The molecule has 1 unspecified atom stereocenters. The molecule has 3 rings (SSSR count). The molecule has 6 nitrogen and oxygen atoms in total. The second-order valence-corrected chi connectivity index (χ2v) is 6.54. The molecule has 2 N–H and O–H groups in total. The summed E-state index contributed by atoms with van der Waals surface area (Å²) in [6.07, 6.45) is 0.763. The number of hydrogen-bond acceptors (Lipinski definition) is 7. The third-order valence-corrected chi connectivity index (χ3v) is 4.67. The highest BCUT2D eigenvalue weighted by atomic mass is 32.1. The molecule has 0 spiro atoms. The Hall–Kier alpha value is -2.38. The summed E-state index contributed by atoms with van der Waals surface area (Å²) < 4.78 is 10.5. The Morgan fingerprint density at radius 1 is 1.21 bits per heavy atom. The summed E-state index contributed by atoms with van der Waals surface area (Å²) in [5.74, 6) is 2.00. The van der Waals surface area contributed by atoms with Gasteiger partial charge in [0.1, 0.15) is 28.5 Å². The van der Waals surface area contributed by atoms with E-state index in [4.69, 9.17) is 9.47 Å². The first-order valence-corrected chi connectivity index (χ1v) is 8.29. The van der Waals surface area contributed by atoms with Crippen LogP contribution in [-0.2, 0) is 0 Å². The van der Waals surface area contributed by atoms with Crippen molar-refractivity contribution in [2.45, 2.75) is 13.0 Å². The van der Waals surface area contributed by atoms with Crippen molar-refractivity contribution in [2.24, 2.45) is 0 Å². The van der Waals surface area contributed by atoms with E-state index in [9.17, 15) is 5.11 Å². The molecule has 1 atom stereocenters. The predicted molar refractivity (Wildman–Crippen MR) is 95.1 cm³/mol. The van der Waals surface area contributed by atoms with E-state index in [1.54, 1.807) is 43.8 Å². The summed E-state index contributed by atoms with van der Waals surface area (Å²) >= 11 is 1.62. The maximum Gasteiger partial charge on any atom is 0.138 e. The second kappa shape index (κ2) is 7.02. The van der Waals surface area contributed by atoms with Gasteiger partial charge in [-0.3, -0.25) is 0 Å². The highest BCUT2D eigenvalue weighted by molar-refractivity contribution is 7.18. The number of methoxy groups -OCH3 is 2. The van der Waals surface area contributed by atoms with Crippen LogP contribution in [0.1, 0.15) is 16.5 Å². The minimum atomic E-state index is -0.764. The van der Waals surface area contributed by atoms with E-state index in [0.29, 0.717) is 29.4 Å². The number of rotatable bonds is 6. The molecule has 0 aliphatic heterocycles. The molecule has 0 aliphatic carbocycles. The summed E-state index contributed by atoms with van der Waals surface area (Å²) in [5, 5.41) is 14.7. The number of thiophene rings is 1. The van der Waals surface area contributed by atoms with Crippen molar-refractivity contribution in [1.82, 2.24) is 9.97 Å². The van der Waals surface area contributed by atoms with Gasteiger partial charge in [-0.1, -0.05) is 0 Å². The van der Waals surface area contributed by atoms with Crippen LogP contribution in [0.15, 0.2) is 30.6 Å². The molecule has 0 fully saturated rings. The zero-order chi connectivity index (χ0) is 17.1. The second-order valence-electron chi connectivity index (χ2n) is 5.30. The van der Waals surface area contributed by atoms with Gasteiger partial charge in [0.2, 0.25) is 0 Å². The van der Waals surface area contributed by atoms with Crippen molar-refractivity contribution < 1.29 is 14.6 Å². The third-order valence-electron chi connectivity index (χ3n) is 3.71. The lowest BCUT2D eigenvalue weighted by atomic mass is 10.1. The largest absolute Gasteiger partial charge is 0.497 e. The Bertz CT molecular complexity index is 850. The van der Waals surface area contributed by atoms with Gasteiger partial charge in [-0.25, -0.2) is 9.97 Å². The van der Waals surface area contributed by atoms with Gasteiger partial charge in [0.05, 0.1) is 25.7 Å². The van der Waals surface area contributed by atoms with Gasteiger partial charge < -0.3 is 19.9 Å². The SMILES string of the molecule is COc1ccc(OC)c(C(O)CNc2ncnc3sc(C)cc23)c1. The minimum absolute atomic E-state index is 0.296. The molecule has 0 saturated carbocycles. The standard InChI is InChI=1S/C17H19N3O3S/c1-10-6-13-16(19-9-20-17(13)24-10)18-8-14(21)12-7-11(22-2)4-5-15(12)23-3/h4-7,9,14,21H,8H2,1-3H3,(H,18,19,20). The predicted octanol–water partition coefficient (Wildman–Crippen LogP) is 3.16. The Kier molecular flexibility index (Phi) is 4.82. The van der Waals surface area contributed by atoms with Crippen LogP contribution in [0.2, 0.25) is 0 Å². The van der Waals surface area contributed by atoms with Crippen molar-refractivity contribution in [2.75, 3.05) is 26.1 Å². The number of aliphatic hydroxyl groups is 1. The van der Waals surface area contributed by atoms with Crippen molar-refractivity contribution in [1.29, 1.82) is 0 Å². The molecular weight excluding hydrogens is 326 g/mol. The molecule has 3 aromatic rings. The fourth-order valence-electron chi connectivity index (χ4n) is 2.52. The van der Waals surface area contributed by atoms with E-state index in [2.05, 4.69) is 15.3 Å². The smallest absolute Gasteiger partial charge is 0.138 e. The van der Waals surface area contributed by atoms with Crippen LogP contribution in [0.3, 0.4) is 0 Å². The Morgan fingerprint density at radius 3 is 2.79 bits per heavy atom. The molecule has 126 valence electrons. The molecule has 2 aromatic heterocycles. The zero-order valence-corrected chi connectivity index (χ0v) is 14.6. The van der Waals surface area contributed by atoms with E-state index < -0.39 is 6.10 Å². The fourth-order valence-corrected chi connectivity index (χ4v) is 3.37. The number of anilines is 1. The number of aromatic nitrogens is 2. The molecular formula is C17H19N3O3S. The summed E-state index contributed by atoms with van der Waals surface area (Å²) in [6, 6.07) is 7.39. The minimum Gasteiger partial charge on any atom is -0.497 e. The van der Waals surface area contributed by atoms with Gasteiger partial charge in [-0.2, -0.15) is 0 Å². The van der Waals surface area contributed by atoms with E-state index in [1.807, 2.05) is 13.0 Å². The number of aliphatic hydroxyl groups excluding tert-OH is 1. The van der Waals surface area contributed by atoms with Crippen molar-refractivity contribution in [3.8, 4) is 11.5 Å². The summed E-state index contributed by atoms with van der Waals surface area (Å²) in [7, 11) is 3.17. The summed E-state index contributed by atoms with van der Waals surface area (Å²) in [5.41, 5.74) is 0.663. The topological polar surface area (TPSA) is 76.5 Å². The number of nitrogens with zero attached hydrogens (tertiary/aromatic N) is 2. The number of benzene rings is 1.